The summed E-state index contributed by atoms with van der Waals surface area (Å²) in [6.45, 7) is 9.56. The van der Waals surface area contributed by atoms with Gasteiger partial charge in [0.05, 0.1) is 19.7 Å². The fraction of sp³-hybridized carbons (Fsp3) is 0.562. The van der Waals surface area contributed by atoms with E-state index in [1.54, 1.807) is 7.11 Å². The first-order chi connectivity index (χ1) is 10.2. The van der Waals surface area contributed by atoms with E-state index in [9.17, 15) is 0 Å². The van der Waals surface area contributed by atoms with Crippen molar-refractivity contribution in [2.45, 2.75) is 20.8 Å². The van der Waals surface area contributed by atoms with Crippen molar-refractivity contribution < 1.29 is 9.47 Å². The van der Waals surface area contributed by atoms with Gasteiger partial charge in [-0.3, -0.25) is 4.99 Å². The zero-order chi connectivity index (χ0) is 15.5. The molecule has 118 valence electrons. The van der Waals surface area contributed by atoms with Crippen LogP contribution in [-0.4, -0.2) is 45.9 Å². The fourth-order valence-electron chi connectivity index (χ4n) is 1.94. The predicted molar refractivity (Wildman–Crippen MR) is 87.3 cm³/mol. The highest BCUT2D eigenvalue weighted by atomic mass is 16.5. The molecule has 0 saturated heterocycles. The van der Waals surface area contributed by atoms with E-state index < -0.39 is 0 Å². The molecule has 0 aliphatic heterocycles. The normalized spacial score (nSPS) is 11.3. The molecule has 5 nitrogen and oxygen atoms in total. The monoisotopic (exact) mass is 293 g/mol. The molecule has 0 heterocycles. The molecule has 0 amide bonds. The molecule has 0 spiro atoms. The minimum absolute atomic E-state index is 0.598. The number of rotatable bonds is 8. The van der Waals surface area contributed by atoms with Gasteiger partial charge < -0.3 is 20.1 Å². The smallest absolute Gasteiger partial charge is 0.191 e. The number of hydrogen-bond donors (Lipinski definition) is 2. The maximum atomic E-state index is 5.85. The van der Waals surface area contributed by atoms with Crippen molar-refractivity contribution in [3.8, 4) is 5.75 Å². The number of nitrogens with zero attached hydrogens (tertiary/aromatic N) is 1. The maximum Gasteiger partial charge on any atom is 0.191 e. The van der Waals surface area contributed by atoms with Crippen LogP contribution < -0.4 is 15.4 Å². The Hall–Kier alpha value is -1.75. The number of benzene rings is 1. The van der Waals surface area contributed by atoms with Crippen LogP contribution in [-0.2, 0) is 4.74 Å². The largest absolute Gasteiger partial charge is 0.491 e. The SMILES string of the molecule is CCNC(=NCCOC)NCCOc1c(C)cccc1C. The molecule has 0 radical (unpaired) electrons. The lowest BCUT2D eigenvalue weighted by Gasteiger charge is -2.14. The molecule has 0 aliphatic rings. The van der Waals surface area contributed by atoms with Crippen LogP contribution in [0, 0.1) is 13.8 Å². The number of aliphatic imine (C=N–C) groups is 1. The molecule has 1 aromatic carbocycles. The molecular formula is C16H27N3O2. The molecule has 21 heavy (non-hydrogen) atoms. The highest BCUT2D eigenvalue weighted by molar-refractivity contribution is 5.79. The molecule has 0 saturated carbocycles. The Morgan fingerprint density at radius 2 is 1.86 bits per heavy atom. The highest BCUT2D eigenvalue weighted by Crippen LogP contribution is 2.21. The van der Waals surface area contributed by atoms with Crippen LogP contribution in [0.3, 0.4) is 0 Å². The van der Waals surface area contributed by atoms with E-state index in [0.717, 1.165) is 29.4 Å². The van der Waals surface area contributed by atoms with E-state index in [1.807, 2.05) is 13.0 Å². The predicted octanol–water partition coefficient (Wildman–Crippen LogP) is 1.88. The lowest BCUT2D eigenvalue weighted by atomic mass is 10.1. The third-order valence-electron chi connectivity index (χ3n) is 2.96. The minimum Gasteiger partial charge on any atom is -0.491 e. The molecule has 0 unspecified atom stereocenters. The van der Waals surface area contributed by atoms with Gasteiger partial charge in [-0.15, -0.1) is 0 Å². The summed E-state index contributed by atoms with van der Waals surface area (Å²) in [6.07, 6.45) is 0. The van der Waals surface area contributed by atoms with Gasteiger partial charge in [-0.1, -0.05) is 18.2 Å². The Bertz CT molecular complexity index is 427. The molecule has 1 rings (SSSR count). The summed E-state index contributed by atoms with van der Waals surface area (Å²) in [6, 6.07) is 6.17. The first-order valence-electron chi connectivity index (χ1n) is 7.39. The molecule has 0 bridgehead atoms. The molecular weight excluding hydrogens is 266 g/mol. The standard InChI is InChI=1S/C16H27N3O2/c1-5-17-16(18-9-11-20-4)19-10-12-21-15-13(2)7-6-8-14(15)3/h6-8H,5,9-12H2,1-4H3,(H2,17,18,19). The summed E-state index contributed by atoms with van der Waals surface area (Å²) in [5, 5.41) is 6.44. The van der Waals surface area contributed by atoms with Gasteiger partial charge in [-0.2, -0.15) is 0 Å². The fourth-order valence-corrected chi connectivity index (χ4v) is 1.94. The van der Waals surface area contributed by atoms with E-state index >= 15 is 0 Å². The average molecular weight is 293 g/mol. The summed E-state index contributed by atoms with van der Waals surface area (Å²) in [5.74, 6) is 1.76. The second-order valence-corrected chi connectivity index (χ2v) is 4.75. The van der Waals surface area contributed by atoms with E-state index in [0.29, 0.717) is 26.3 Å². The van der Waals surface area contributed by atoms with E-state index in [-0.39, 0.29) is 0 Å². The third-order valence-corrected chi connectivity index (χ3v) is 2.96. The minimum atomic E-state index is 0.598. The number of aryl methyl sites for hydroxylation is 2. The number of guanidine groups is 1. The first-order valence-corrected chi connectivity index (χ1v) is 7.39. The summed E-state index contributed by atoms with van der Waals surface area (Å²) in [4.78, 5) is 4.40. The van der Waals surface area contributed by atoms with Crippen LogP contribution in [0.1, 0.15) is 18.1 Å². The van der Waals surface area contributed by atoms with Crippen molar-refractivity contribution in [1.82, 2.24) is 10.6 Å². The summed E-state index contributed by atoms with van der Waals surface area (Å²) < 4.78 is 10.8. The zero-order valence-electron chi connectivity index (χ0n) is 13.5. The van der Waals surface area contributed by atoms with Gasteiger partial charge >= 0.3 is 0 Å². The van der Waals surface area contributed by atoms with Gasteiger partial charge in [0, 0.05) is 13.7 Å². The molecule has 2 N–H and O–H groups in total. The van der Waals surface area contributed by atoms with Crippen molar-refractivity contribution in [3.05, 3.63) is 29.3 Å². The summed E-state index contributed by atoms with van der Waals surface area (Å²) >= 11 is 0. The molecule has 1 aromatic rings. The van der Waals surface area contributed by atoms with E-state index in [4.69, 9.17) is 9.47 Å². The number of para-hydroxylation sites is 1. The summed E-state index contributed by atoms with van der Waals surface area (Å²) in [7, 11) is 1.67. The lowest BCUT2D eigenvalue weighted by molar-refractivity contribution is 0.208. The van der Waals surface area contributed by atoms with Crippen LogP contribution in [0.15, 0.2) is 23.2 Å². The van der Waals surface area contributed by atoms with Crippen molar-refractivity contribution in [2.24, 2.45) is 4.99 Å². The van der Waals surface area contributed by atoms with Gasteiger partial charge in [0.2, 0.25) is 0 Å². The van der Waals surface area contributed by atoms with Crippen molar-refractivity contribution in [3.63, 3.8) is 0 Å². The van der Waals surface area contributed by atoms with Crippen molar-refractivity contribution in [1.29, 1.82) is 0 Å². The van der Waals surface area contributed by atoms with Gasteiger partial charge in [0.25, 0.3) is 0 Å². The van der Waals surface area contributed by atoms with E-state index in [2.05, 4.69) is 41.6 Å². The van der Waals surface area contributed by atoms with Crippen molar-refractivity contribution >= 4 is 5.96 Å². The Morgan fingerprint density at radius 3 is 2.48 bits per heavy atom. The molecule has 0 fully saturated rings. The second-order valence-electron chi connectivity index (χ2n) is 4.75. The molecule has 0 aromatic heterocycles. The van der Waals surface area contributed by atoms with Gasteiger partial charge in [-0.05, 0) is 31.9 Å². The lowest BCUT2D eigenvalue weighted by Crippen LogP contribution is -2.39. The number of methoxy groups -OCH3 is 1. The maximum absolute atomic E-state index is 5.85. The quantitative estimate of drug-likeness (QED) is 0.436. The highest BCUT2D eigenvalue weighted by Gasteiger charge is 2.03. The van der Waals surface area contributed by atoms with E-state index in [1.165, 1.54) is 0 Å². The topological polar surface area (TPSA) is 54.9 Å². The summed E-state index contributed by atoms with van der Waals surface area (Å²) in [5.41, 5.74) is 2.33. The van der Waals surface area contributed by atoms with Crippen LogP contribution in [0.5, 0.6) is 5.75 Å². The molecule has 5 heteroatoms. The average Bonchev–Trinajstić information content (AvgIpc) is 2.46. The Balaban J connectivity index is 2.38. The third kappa shape index (κ3) is 6.49. The van der Waals surface area contributed by atoms with Gasteiger partial charge in [-0.25, -0.2) is 0 Å². The zero-order valence-corrected chi connectivity index (χ0v) is 13.5. The second kappa shape index (κ2) is 10.0. The van der Waals surface area contributed by atoms with Crippen LogP contribution in [0.2, 0.25) is 0 Å². The Labute approximate surface area is 127 Å². The number of hydrogen-bond acceptors (Lipinski definition) is 3. The van der Waals surface area contributed by atoms with Gasteiger partial charge in [0.15, 0.2) is 5.96 Å². The molecule has 0 aliphatic carbocycles. The van der Waals surface area contributed by atoms with Crippen LogP contribution in [0.25, 0.3) is 0 Å². The number of ether oxygens (including phenoxy) is 2. The Kier molecular flexibility index (Phi) is 8.28. The molecule has 0 atom stereocenters. The number of nitrogens with one attached hydrogen (secondary N) is 2. The Morgan fingerprint density at radius 1 is 1.14 bits per heavy atom. The van der Waals surface area contributed by atoms with Gasteiger partial charge in [0.1, 0.15) is 12.4 Å². The van der Waals surface area contributed by atoms with Crippen molar-refractivity contribution in [2.75, 3.05) is 40.0 Å². The van der Waals surface area contributed by atoms with Crippen LogP contribution >= 0.6 is 0 Å². The van der Waals surface area contributed by atoms with Crippen LogP contribution in [0.4, 0.5) is 0 Å². The first kappa shape index (κ1) is 17.3.